The second-order valence-electron chi connectivity index (χ2n) is 3.31. The van der Waals surface area contributed by atoms with Gasteiger partial charge in [0.1, 0.15) is 0 Å². The van der Waals surface area contributed by atoms with Gasteiger partial charge in [-0.1, -0.05) is 34.1 Å². The summed E-state index contributed by atoms with van der Waals surface area (Å²) in [6.45, 7) is 0.896. The summed E-state index contributed by atoms with van der Waals surface area (Å²) >= 11 is 3.48. The molecule has 1 fully saturated rings. The Morgan fingerprint density at radius 2 is 2.15 bits per heavy atom. The standard InChI is InChI=1S/C10H12BrNO/c11-8-4-2-1-3-7(8)10-9(13)5-6-12-10/h1-4,9-10,12-13H,5-6H2/t9-,10+/m1/s1. The highest BCUT2D eigenvalue weighted by atomic mass is 79.9. The predicted octanol–water partition coefficient (Wildman–Crippen LogP) is 1.84. The van der Waals surface area contributed by atoms with Gasteiger partial charge in [-0.3, -0.25) is 0 Å². The van der Waals surface area contributed by atoms with Crippen LogP contribution in [0.3, 0.4) is 0 Å². The first-order valence-electron chi connectivity index (χ1n) is 4.45. The lowest BCUT2D eigenvalue weighted by Gasteiger charge is -2.16. The van der Waals surface area contributed by atoms with Crippen molar-refractivity contribution in [2.24, 2.45) is 0 Å². The van der Waals surface area contributed by atoms with Crippen molar-refractivity contribution < 1.29 is 5.11 Å². The number of rotatable bonds is 1. The van der Waals surface area contributed by atoms with Crippen LogP contribution in [0.5, 0.6) is 0 Å². The average molecular weight is 242 g/mol. The van der Waals surface area contributed by atoms with Gasteiger partial charge in [0.25, 0.3) is 0 Å². The highest BCUT2D eigenvalue weighted by Gasteiger charge is 2.27. The summed E-state index contributed by atoms with van der Waals surface area (Å²) in [5.41, 5.74) is 1.15. The maximum Gasteiger partial charge on any atom is 0.0747 e. The second-order valence-corrected chi connectivity index (χ2v) is 4.16. The molecular formula is C10H12BrNO. The minimum atomic E-state index is -0.251. The molecule has 0 aromatic heterocycles. The summed E-state index contributed by atoms with van der Waals surface area (Å²) in [5.74, 6) is 0. The maximum atomic E-state index is 9.68. The van der Waals surface area contributed by atoms with E-state index in [0.29, 0.717) is 0 Å². The van der Waals surface area contributed by atoms with Crippen LogP contribution in [-0.2, 0) is 0 Å². The molecule has 1 saturated heterocycles. The second kappa shape index (κ2) is 3.78. The molecule has 0 spiro atoms. The predicted molar refractivity (Wildman–Crippen MR) is 55.5 cm³/mol. The summed E-state index contributed by atoms with van der Waals surface area (Å²) < 4.78 is 1.06. The van der Waals surface area contributed by atoms with Crippen LogP contribution in [0.4, 0.5) is 0 Å². The topological polar surface area (TPSA) is 32.3 Å². The summed E-state index contributed by atoms with van der Waals surface area (Å²) in [7, 11) is 0. The number of hydrogen-bond donors (Lipinski definition) is 2. The molecule has 3 heteroatoms. The maximum absolute atomic E-state index is 9.68. The fourth-order valence-electron chi connectivity index (χ4n) is 1.73. The lowest BCUT2D eigenvalue weighted by Crippen LogP contribution is -2.21. The Kier molecular flexibility index (Phi) is 2.67. The lowest BCUT2D eigenvalue weighted by molar-refractivity contribution is 0.160. The third kappa shape index (κ3) is 1.77. The molecule has 2 nitrogen and oxygen atoms in total. The molecule has 0 saturated carbocycles. The van der Waals surface area contributed by atoms with Crippen LogP contribution < -0.4 is 5.32 Å². The van der Waals surface area contributed by atoms with Crippen molar-refractivity contribution in [1.82, 2.24) is 5.32 Å². The van der Waals surface area contributed by atoms with Crippen LogP contribution in [0.1, 0.15) is 18.0 Å². The lowest BCUT2D eigenvalue weighted by atomic mass is 10.0. The van der Waals surface area contributed by atoms with Gasteiger partial charge in [-0.25, -0.2) is 0 Å². The molecule has 1 aromatic carbocycles. The van der Waals surface area contributed by atoms with Crippen LogP contribution >= 0.6 is 15.9 Å². The highest BCUT2D eigenvalue weighted by Crippen LogP contribution is 2.29. The zero-order valence-corrected chi connectivity index (χ0v) is 8.79. The quantitative estimate of drug-likeness (QED) is 0.787. The summed E-state index contributed by atoms with van der Waals surface area (Å²) in [6, 6.07) is 8.11. The number of nitrogens with one attached hydrogen (secondary N) is 1. The first kappa shape index (κ1) is 9.19. The Morgan fingerprint density at radius 1 is 1.38 bits per heavy atom. The molecule has 0 radical (unpaired) electrons. The Hall–Kier alpha value is -0.380. The molecule has 0 unspecified atom stereocenters. The molecule has 2 rings (SSSR count). The number of aliphatic hydroxyl groups excluding tert-OH is 1. The monoisotopic (exact) mass is 241 g/mol. The average Bonchev–Trinajstić information content (AvgIpc) is 2.52. The van der Waals surface area contributed by atoms with Crippen LogP contribution in [0.15, 0.2) is 28.7 Å². The van der Waals surface area contributed by atoms with Crippen LogP contribution in [-0.4, -0.2) is 17.8 Å². The van der Waals surface area contributed by atoms with Crippen LogP contribution in [0, 0.1) is 0 Å². The molecular weight excluding hydrogens is 230 g/mol. The highest BCUT2D eigenvalue weighted by molar-refractivity contribution is 9.10. The van der Waals surface area contributed by atoms with E-state index in [2.05, 4.69) is 21.2 Å². The van der Waals surface area contributed by atoms with Gasteiger partial charge in [-0.2, -0.15) is 0 Å². The number of halogens is 1. The van der Waals surface area contributed by atoms with E-state index in [1.54, 1.807) is 0 Å². The normalized spacial score (nSPS) is 27.8. The number of benzene rings is 1. The molecule has 2 atom stereocenters. The molecule has 2 N–H and O–H groups in total. The Balaban J connectivity index is 2.29. The van der Waals surface area contributed by atoms with Crippen molar-refractivity contribution in [3.05, 3.63) is 34.3 Å². The molecule has 0 amide bonds. The van der Waals surface area contributed by atoms with Gasteiger partial charge in [-0.05, 0) is 24.6 Å². The Bertz CT molecular complexity index is 303. The van der Waals surface area contributed by atoms with Crippen LogP contribution in [0.25, 0.3) is 0 Å². The molecule has 0 aliphatic carbocycles. The third-order valence-electron chi connectivity index (χ3n) is 2.43. The van der Waals surface area contributed by atoms with Gasteiger partial charge >= 0.3 is 0 Å². The fraction of sp³-hybridized carbons (Fsp3) is 0.400. The SMILES string of the molecule is O[C@@H]1CCN[C@H]1c1ccccc1Br. The molecule has 13 heavy (non-hydrogen) atoms. The van der Waals surface area contributed by atoms with E-state index in [-0.39, 0.29) is 12.1 Å². The van der Waals surface area contributed by atoms with Gasteiger partial charge in [-0.15, -0.1) is 0 Å². The zero-order valence-electron chi connectivity index (χ0n) is 7.20. The summed E-state index contributed by atoms with van der Waals surface area (Å²) in [4.78, 5) is 0. The van der Waals surface area contributed by atoms with E-state index in [1.807, 2.05) is 24.3 Å². The van der Waals surface area contributed by atoms with Gasteiger partial charge in [0, 0.05) is 4.47 Å². The van der Waals surface area contributed by atoms with Gasteiger partial charge < -0.3 is 10.4 Å². The van der Waals surface area contributed by atoms with E-state index in [1.165, 1.54) is 0 Å². The minimum Gasteiger partial charge on any atom is -0.391 e. The van der Waals surface area contributed by atoms with E-state index in [9.17, 15) is 5.11 Å². The van der Waals surface area contributed by atoms with Crippen molar-refractivity contribution >= 4 is 15.9 Å². The van der Waals surface area contributed by atoms with Crippen molar-refractivity contribution in [3.8, 4) is 0 Å². The van der Waals surface area contributed by atoms with Gasteiger partial charge in [0.15, 0.2) is 0 Å². The first-order chi connectivity index (χ1) is 6.29. The molecule has 70 valence electrons. The van der Waals surface area contributed by atoms with Crippen LogP contribution in [0.2, 0.25) is 0 Å². The first-order valence-corrected chi connectivity index (χ1v) is 5.24. The van der Waals surface area contributed by atoms with Gasteiger partial charge in [0.05, 0.1) is 12.1 Å². The van der Waals surface area contributed by atoms with E-state index in [4.69, 9.17) is 0 Å². The Labute approximate surface area is 86.1 Å². The zero-order chi connectivity index (χ0) is 9.26. The molecule has 1 aliphatic rings. The molecule has 1 heterocycles. The Morgan fingerprint density at radius 3 is 2.77 bits per heavy atom. The summed E-state index contributed by atoms with van der Waals surface area (Å²) in [5, 5.41) is 13.0. The third-order valence-corrected chi connectivity index (χ3v) is 3.15. The van der Waals surface area contributed by atoms with E-state index < -0.39 is 0 Å². The fourth-order valence-corrected chi connectivity index (χ4v) is 2.27. The van der Waals surface area contributed by atoms with Crippen molar-refractivity contribution in [2.75, 3.05) is 6.54 Å². The number of hydrogen-bond acceptors (Lipinski definition) is 2. The largest absolute Gasteiger partial charge is 0.391 e. The molecule has 1 aromatic rings. The minimum absolute atomic E-state index is 0.0931. The molecule has 1 aliphatic heterocycles. The van der Waals surface area contributed by atoms with E-state index >= 15 is 0 Å². The summed E-state index contributed by atoms with van der Waals surface area (Å²) in [6.07, 6.45) is 0.588. The smallest absolute Gasteiger partial charge is 0.0747 e. The van der Waals surface area contributed by atoms with E-state index in [0.717, 1.165) is 23.0 Å². The van der Waals surface area contributed by atoms with Gasteiger partial charge in [0.2, 0.25) is 0 Å². The molecule has 0 bridgehead atoms. The van der Waals surface area contributed by atoms with Crippen molar-refractivity contribution in [1.29, 1.82) is 0 Å². The van der Waals surface area contributed by atoms with Crippen molar-refractivity contribution in [2.45, 2.75) is 18.6 Å². The van der Waals surface area contributed by atoms with Crippen molar-refractivity contribution in [3.63, 3.8) is 0 Å². The number of aliphatic hydroxyl groups is 1.